The standard InChI is InChI=1S/C15H12FN3OS/c1-19(15(20)11-6-4-8-13(16)17-11)9-14-18-10-5-2-3-7-12(10)21-14/h2-8H,9H2,1H3. The summed E-state index contributed by atoms with van der Waals surface area (Å²) >= 11 is 1.54. The second kappa shape index (κ2) is 5.57. The molecular formula is C15H12FN3OS. The van der Waals surface area contributed by atoms with Gasteiger partial charge in [0.05, 0.1) is 16.8 Å². The molecule has 0 aliphatic rings. The Morgan fingerprint density at radius 2 is 2.00 bits per heavy atom. The number of para-hydroxylation sites is 1. The molecule has 3 aromatic rings. The van der Waals surface area contributed by atoms with Crippen molar-refractivity contribution in [2.45, 2.75) is 6.54 Å². The van der Waals surface area contributed by atoms with Crippen molar-refractivity contribution in [3.05, 3.63) is 59.1 Å². The van der Waals surface area contributed by atoms with E-state index < -0.39 is 5.95 Å². The summed E-state index contributed by atoms with van der Waals surface area (Å²) in [7, 11) is 1.65. The van der Waals surface area contributed by atoms with Crippen molar-refractivity contribution < 1.29 is 9.18 Å². The van der Waals surface area contributed by atoms with E-state index in [2.05, 4.69) is 9.97 Å². The molecule has 0 atom stereocenters. The summed E-state index contributed by atoms with van der Waals surface area (Å²) in [5.74, 6) is -0.983. The number of carbonyl (C=O) groups excluding carboxylic acids is 1. The van der Waals surface area contributed by atoms with Crippen LogP contribution in [0.3, 0.4) is 0 Å². The first-order chi connectivity index (χ1) is 10.1. The summed E-state index contributed by atoms with van der Waals surface area (Å²) in [5, 5.41) is 0.837. The van der Waals surface area contributed by atoms with E-state index in [9.17, 15) is 9.18 Å². The Hall–Kier alpha value is -2.34. The number of nitrogens with zero attached hydrogens (tertiary/aromatic N) is 3. The number of benzene rings is 1. The quantitative estimate of drug-likeness (QED) is 0.698. The summed E-state index contributed by atoms with van der Waals surface area (Å²) in [4.78, 5) is 21.8. The van der Waals surface area contributed by atoms with Crippen LogP contribution in [0.2, 0.25) is 0 Å². The van der Waals surface area contributed by atoms with Crippen molar-refractivity contribution in [2.75, 3.05) is 7.05 Å². The Morgan fingerprint density at radius 3 is 2.76 bits per heavy atom. The molecule has 6 heteroatoms. The fourth-order valence-electron chi connectivity index (χ4n) is 1.99. The molecule has 0 aliphatic carbocycles. The number of amides is 1. The fourth-order valence-corrected chi connectivity index (χ4v) is 3.01. The van der Waals surface area contributed by atoms with Crippen molar-refractivity contribution in [3.8, 4) is 0 Å². The lowest BCUT2D eigenvalue weighted by Crippen LogP contribution is -2.27. The van der Waals surface area contributed by atoms with Crippen molar-refractivity contribution in [2.24, 2.45) is 0 Å². The number of fused-ring (bicyclic) bond motifs is 1. The molecule has 0 bridgehead atoms. The first-order valence-corrected chi connectivity index (χ1v) is 7.17. The van der Waals surface area contributed by atoms with Crippen molar-refractivity contribution in [1.29, 1.82) is 0 Å². The zero-order valence-corrected chi connectivity index (χ0v) is 12.1. The number of rotatable bonds is 3. The van der Waals surface area contributed by atoms with E-state index in [-0.39, 0.29) is 11.6 Å². The second-order valence-corrected chi connectivity index (χ2v) is 5.70. The molecule has 1 amide bonds. The van der Waals surface area contributed by atoms with Crippen LogP contribution in [-0.4, -0.2) is 27.8 Å². The van der Waals surface area contributed by atoms with Crippen LogP contribution >= 0.6 is 11.3 Å². The van der Waals surface area contributed by atoms with Gasteiger partial charge in [-0.15, -0.1) is 11.3 Å². The maximum absolute atomic E-state index is 13.1. The topological polar surface area (TPSA) is 46.1 Å². The van der Waals surface area contributed by atoms with Gasteiger partial charge in [-0.05, 0) is 24.3 Å². The largest absolute Gasteiger partial charge is 0.334 e. The van der Waals surface area contributed by atoms with Crippen LogP contribution in [0, 0.1) is 5.95 Å². The van der Waals surface area contributed by atoms with E-state index >= 15 is 0 Å². The van der Waals surface area contributed by atoms with E-state index in [1.165, 1.54) is 23.1 Å². The first-order valence-electron chi connectivity index (χ1n) is 6.36. The maximum atomic E-state index is 13.1. The third-order valence-electron chi connectivity index (χ3n) is 2.99. The molecule has 3 rings (SSSR count). The summed E-state index contributed by atoms with van der Waals surface area (Å²) in [6.45, 7) is 0.371. The Labute approximate surface area is 124 Å². The van der Waals surface area contributed by atoms with Crippen molar-refractivity contribution in [3.63, 3.8) is 0 Å². The van der Waals surface area contributed by atoms with E-state index in [1.807, 2.05) is 24.3 Å². The number of hydrogen-bond donors (Lipinski definition) is 0. The smallest absolute Gasteiger partial charge is 0.272 e. The molecule has 0 saturated heterocycles. The molecule has 2 heterocycles. The molecule has 21 heavy (non-hydrogen) atoms. The predicted molar refractivity (Wildman–Crippen MR) is 79.6 cm³/mol. The van der Waals surface area contributed by atoms with Gasteiger partial charge >= 0.3 is 0 Å². The molecule has 0 unspecified atom stereocenters. The Kier molecular flexibility index (Phi) is 3.62. The van der Waals surface area contributed by atoms with Crippen LogP contribution in [0.25, 0.3) is 10.2 Å². The minimum atomic E-state index is -0.658. The van der Waals surface area contributed by atoms with Crippen LogP contribution in [0.1, 0.15) is 15.5 Å². The van der Waals surface area contributed by atoms with E-state index in [1.54, 1.807) is 18.4 Å². The third-order valence-corrected chi connectivity index (χ3v) is 4.01. The minimum Gasteiger partial charge on any atom is -0.334 e. The number of thiazole rings is 1. The normalized spacial score (nSPS) is 10.8. The second-order valence-electron chi connectivity index (χ2n) is 4.58. The van der Waals surface area contributed by atoms with Gasteiger partial charge in [0.15, 0.2) is 0 Å². The number of carbonyl (C=O) groups is 1. The molecular weight excluding hydrogens is 289 g/mol. The predicted octanol–water partition coefficient (Wildman–Crippen LogP) is 3.10. The summed E-state index contributed by atoms with van der Waals surface area (Å²) < 4.78 is 14.1. The lowest BCUT2D eigenvalue weighted by atomic mass is 10.3. The molecule has 0 fully saturated rings. The van der Waals surface area contributed by atoms with E-state index in [0.29, 0.717) is 6.54 Å². The van der Waals surface area contributed by atoms with Crippen LogP contribution in [0.5, 0.6) is 0 Å². The minimum absolute atomic E-state index is 0.0959. The average Bonchev–Trinajstić information content (AvgIpc) is 2.88. The molecule has 0 N–H and O–H groups in total. The third kappa shape index (κ3) is 2.90. The molecule has 0 radical (unpaired) electrons. The number of hydrogen-bond acceptors (Lipinski definition) is 4. The highest BCUT2D eigenvalue weighted by Crippen LogP contribution is 2.22. The van der Waals surface area contributed by atoms with Crippen molar-refractivity contribution >= 4 is 27.5 Å². The van der Waals surface area contributed by atoms with Crippen LogP contribution in [0.4, 0.5) is 4.39 Å². The zero-order valence-electron chi connectivity index (χ0n) is 11.3. The van der Waals surface area contributed by atoms with Gasteiger partial charge in [-0.2, -0.15) is 4.39 Å². The summed E-state index contributed by atoms with van der Waals surface area (Å²) in [6, 6.07) is 12.0. The lowest BCUT2D eigenvalue weighted by molar-refractivity contribution is 0.0778. The first kappa shape index (κ1) is 13.6. The molecule has 1 aromatic carbocycles. The Balaban J connectivity index is 1.79. The van der Waals surface area contributed by atoms with Gasteiger partial charge in [-0.1, -0.05) is 18.2 Å². The molecule has 4 nitrogen and oxygen atoms in total. The zero-order chi connectivity index (χ0) is 14.8. The van der Waals surface area contributed by atoms with Gasteiger partial charge in [0.1, 0.15) is 10.7 Å². The number of aromatic nitrogens is 2. The lowest BCUT2D eigenvalue weighted by Gasteiger charge is -2.14. The fraction of sp³-hybridized carbons (Fsp3) is 0.133. The monoisotopic (exact) mass is 301 g/mol. The number of pyridine rings is 1. The highest BCUT2D eigenvalue weighted by molar-refractivity contribution is 7.18. The SMILES string of the molecule is CN(Cc1nc2ccccc2s1)C(=O)c1cccc(F)n1. The van der Waals surface area contributed by atoms with Crippen LogP contribution in [-0.2, 0) is 6.54 Å². The number of halogens is 1. The maximum Gasteiger partial charge on any atom is 0.272 e. The van der Waals surface area contributed by atoms with Gasteiger partial charge in [0.2, 0.25) is 5.95 Å². The highest BCUT2D eigenvalue weighted by atomic mass is 32.1. The average molecular weight is 301 g/mol. The Bertz CT molecular complexity index is 769. The molecule has 106 valence electrons. The van der Waals surface area contributed by atoms with Gasteiger partial charge < -0.3 is 4.90 Å². The van der Waals surface area contributed by atoms with Gasteiger partial charge in [0, 0.05) is 7.05 Å². The van der Waals surface area contributed by atoms with Gasteiger partial charge in [0.25, 0.3) is 5.91 Å². The van der Waals surface area contributed by atoms with Gasteiger partial charge in [-0.3, -0.25) is 4.79 Å². The molecule has 0 saturated carbocycles. The Morgan fingerprint density at radius 1 is 1.19 bits per heavy atom. The van der Waals surface area contributed by atoms with Crippen molar-refractivity contribution in [1.82, 2.24) is 14.9 Å². The summed E-state index contributed by atoms with van der Waals surface area (Å²) in [5.41, 5.74) is 1.01. The highest BCUT2D eigenvalue weighted by Gasteiger charge is 2.15. The van der Waals surface area contributed by atoms with Crippen LogP contribution < -0.4 is 0 Å². The van der Waals surface area contributed by atoms with Gasteiger partial charge in [-0.25, -0.2) is 9.97 Å². The molecule has 2 aromatic heterocycles. The molecule has 0 spiro atoms. The van der Waals surface area contributed by atoms with E-state index in [0.717, 1.165) is 15.2 Å². The van der Waals surface area contributed by atoms with E-state index in [4.69, 9.17) is 0 Å². The van der Waals surface area contributed by atoms with Crippen LogP contribution in [0.15, 0.2) is 42.5 Å². The molecule has 0 aliphatic heterocycles. The summed E-state index contributed by atoms with van der Waals surface area (Å²) in [6.07, 6.45) is 0.